The van der Waals surface area contributed by atoms with Crippen molar-refractivity contribution < 1.29 is 9.84 Å². The molecule has 2 heterocycles. The second kappa shape index (κ2) is 4.04. The molecule has 1 fully saturated rings. The number of ether oxygens (including phenoxy) is 1. The molecule has 72 valence electrons. The molecule has 1 aromatic rings. The van der Waals surface area contributed by atoms with Gasteiger partial charge in [0, 0.05) is 18.1 Å². The Morgan fingerprint density at radius 1 is 1.77 bits per heavy atom. The SMILES string of the molecule is OCC1COCCN1c1nccs1. The number of aliphatic hydroxyl groups excluding tert-OH is 1. The lowest BCUT2D eigenvalue weighted by atomic mass is 10.2. The zero-order valence-electron chi connectivity index (χ0n) is 7.22. The summed E-state index contributed by atoms with van der Waals surface area (Å²) < 4.78 is 5.28. The summed E-state index contributed by atoms with van der Waals surface area (Å²) in [7, 11) is 0. The third-order valence-electron chi connectivity index (χ3n) is 2.10. The highest BCUT2D eigenvalue weighted by atomic mass is 32.1. The van der Waals surface area contributed by atoms with Crippen LogP contribution in [0, 0.1) is 0 Å². The van der Waals surface area contributed by atoms with Crippen LogP contribution < -0.4 is 4.90 Å². The van der Waals surface area contributed by atoms with Crippen LogP contribution in [0.1, 0.15) is 0 Å². The van der Waals surface area contributed by atoms with Gasteiger partial charge in [0.05, 0.1) is 25.9 Å². The maximum atomic E-state index is 9.12. The van der Waals surface area contributed by atoms with Crippen molar-refractivity contribution in [1.82, 2.24) is 4.98 Å². The maximum Gasteiger partial charge on any atom is 0.185 e. The van der Waals surface area contributed by atoms with Gasteiger partial charge in [-0.3, -0.25) is 0 Å². The first-order valence-corrected chi connectivity index (χ1v) is 5.14. The minimum Gasteiger partial charge on any atom is -0.394 e. The van der Waals surface area contributed by atoms with Gasteiger partial charge in [0.15, 0.2) is 5.13 Å². The molecule has 13 heavy (non-hydrogen) atoms. The first-order valence-electron chi connectivity index (χ1n) is 4.26. The first-order chi connectivity index (χ1) is 6.42. The van der Waals surface area contributed by atoms with Gasteiger partial charge in [0.1, 0.15) is 0 Å². The van der Waals surface area contributed by atoms with Crippen LogP contribution in [0.3, 0.4) is 0 Å². The Hall–Kier alpha value is -0.650. The summed E-state index contributed by atoms with van der Waals surface area (Å²) in [4.78, 5) is 6.32. The van der Waals surface area contributed by atoms with E-state index in [1.54, 1.807) is 17.5 Å². The summed E-state index contributed by atoms with van der Waals surface area (Å²) in [6.07, 6.45) is 1.78. The van der Waals surface area contributed by atoms with Crippen LogP contribution in [0.15, 0.2) is 11.6 Å². The van der Waals surface area contributed by atoms with Crippen LogP contribution >= 0.6 is 11.3 Å². The van der Waals surface area contributed by atoms with Crippen molar-refractivity contribution in [3.63, 3.8) is 0 Å². The summed E-state index contributed by atoms with van der Waals surface area (Å²) >= 11 is 1.60. The van der Waals surface area contributed by atoms with Crippen LogP contribution in [-0.2, 0) is 4.74 Å². The summed E-state index contributed by atoms with van der Waals surface area (Å²) in [5, 5.41) is 12.0. The number of morpholine rings is 1. The molecule has 0 amide bonds. The average molecular weight is 200 g/mol. The van der Waals surface area contributed by atoms with E-state index in [1.165, 1.54) is 0 Å². The molecule has 1 aliphatic rings. The van der Waals surface area contributed by atoms with Crippen molar-refractivity contribution in [2.45, 2.75) is 6.04 Å². The molecule has 1 N–H and O–H groups in total. The summed E-state index contributed by atoms with van der Waals surface area (Å²) in [6.45, 7) is 2.25. The van der Waals surface area contributed by atoms with Crippen LogP contribution in [0.2, 0.25) is 0 Å². The van der Waals surface area contributed by atoms with Gasteiger partial charge in [-0.25, -0.2) is 4.98 Å². The zero-order chi connectivity index (χ0) is 9.10. The number of anilines is 1. The number of aliphatic hydroxyl groups is 1. The van der Waals surface area contributed by atoms with Gasteiger partial charge in [-0.05, 0) is 0 Å². The van der Waals surface area contributed by atoms with Crippen LogP contribution in [0.25, 0.3) is 0 Å². The van der Waals surface area contributed by atoms with Crippen molar-refractivity contribution >= 4 is 16.5 Å². The van der Waals surface area contributed by atoms with Crippen molar-refractivity contribution in [3.8, 4) is 0 Å². The molecular formula is C8H12N2O2S. The number of rotatable bonds is 2. The lowest BCUT2D eigenvalue weighted by Crippen LogP contribution is -2.47. The summed E-state index contributed by atoms with van der Waals surface area (Å²) in [6, 6.07) is 0.0694. The Balaban J connectivity index is 2.11. The van der Waals surface area contributed by atoms with Gasteiger partial charge in [0.25, 0.3) is 0 Å². The Kier molecular flexibility index (Phi) is 2.77. The monoisotopic (exact) mass is 200 g/mol. The van der Waals surface area contributed by atoms with Crippen molar-refractivity contribution in [2.24, 2.45) is 0 Å². The van der Waals surface area contributed by atoms with Gasteiger partial charge in [0.2, 0.25) is 0 Å². The summed E-state index contributed by atoms with van der Waals surface area (Å²) in [5.41, 5.74) is 0. The fourth-order valence-electron chi connectivity index (χ4n) is 1.42. The highest BCUT2D eigenvalue weighted by molar-refractivity contribution is 7.13. The van der Waals surface area contributed by atoms with E-state index in [-0.39, 0.29) is 12.6 Å². The predicted octanol–water partition coefficient (Wildman–Crippen LogP) is 0.341. The molecule has 0 spiro atoms. The quantitative estimate of drug-likeness (QED) is 0.748. The lowest BCUT2D eigenvalue weighted by molar-refractivity contribution is 0.0727. The van der Waals surface area contributed by atoms with E-state index in [4.69, 9.17) is 9.84 Å². The van der Waals surface area contributed by atoms with Gasteiger partial charge in [-0.1, -0.05) is 0 Å². The van der Waals surface area contributed by atoms with E-state index in [9.17, 15) is 0 Å². The Morgan fingerprint density at radius 3 is 3.38 bits per heavy atom. The predicted molar refractivity (Wildman–Crippen MR) is 51.2 cm³/mol. The molecular weight excluding hydrogens is 188 g/mol. The van der Waals surface area contributed by atoms with Crippen molar-refractivity contribution in [1.29, 1.82) is 0 Å². The standard InChI is InChI=1S/C8H12N2O2S/c11-5-7-6-12-3-2-10(7)8-9-1-4-13-8/h1,4,7,11H,2-3,5-6H2. The first kappa shape index (κ1) is 8.93. The van der Waals surface area contributed by atoms with Crippen LogP contribution in [0.5, 0.6) is 0 Å². The molecule has 0 radical (unpaired) electrons. The molecule has 2 rings (SSSR count). The van der Waals surface area contributed by atoms with E-state index >= 15 is 0 Å². The van der Waals surface area contributed by atoms with E-state index in [0.29, 0.717) is 6.61 Å². The number of hydrogen-bond acceptors (Lipinski definition) is 5. The molecule has 5 heteroatoms. The molecule has 1 saturated heterocycles. The molecule has 1 aromatic heterocycles. The van der Waals surface area contributed by atoms with Crippen LogP contribution in [0.4, 0.5) is 5.13 Å². The number of thiazole rings is 1. The average Bonchev–Trinajstić information content (AvgIpc) is 2.70. The smallest absolute Gasteiger partial charge is 0.185 e. The molecule has 1 unspecified atom stereocenters. The second-order valence-corrected chi connectivity index (χ2v) is 3.79. The van der Waals surface area contributed by atoms with E-state index < -0.39 is 0 Å². The Morgan fingerprint density at radius 2 is 2.69 bits per heavy atom. The zero-order valence-corrected chi connectivity index (χ0v) is 8.04. The van der Waals surface area contributed by atoms with Gasteiger partial charge in [-0.2, -0.15) is 0 Å². The maximum absolute atomic E-state index is 9.12. The van der Waals surface area contributed by atoms with E-state index in [2.05, 4.69) is 9.88 Å². The summed E-state index contributed by atoms with van der Waals surface area (Å²) in [5.74, 6) is 0. The molecule has 0 bridgehead atoms. The minimum atomic E-state index is 0.0694. The number of aromatic nitrogens is 1. The minimum absolute atomic E-state index is 0.0694. The normalized spacial score (nSPS) is 23.5. The van der Waals surface area contributed by atoms with E-state index in [0.717, 1.165) is 18.3 Å². The molecule has 0 aliphatic carbocycles. The van der Waals surface area contributed by atoms with Crippen molar-refractivity contribution in [2.75, 3.05) is 31.3 Å². The third kappa shape index (κ3) is 1.82. The highest BCUT2D eigenvalue weighted by Crippen LogP contribution is 2.21. The number of nitrogens with zero attached hydrogens (tertiary/aromatic N) is 2. The Labute approximate surface area is 80.8 Å². The molecule has 4 nitrogen and oxygen atoms in total. The second-order valence-electron chi connectivity index (χ2n) is 2.92. The molecule has 1 atom stereocenters. The lowest BCUT2D eigenvalue weighted by Gasteiger charge is -2.34. The highest BCUT2D eigenvalue weighted by Gasteiger charge is 2.23. The molecule has 0 aromatic carbocycles. The number of hydrogen-bond donors (Lipinski definition) is 1. The van der Waals surface area contributed by atoms with Crippen LogP contribution in [-0.4, -0.2) is 42.5 Å². The third-order valence-corrected chi connectivity index (χ3v) is 2.91. The van der Waals surface area contributed by atoms with Crippen molar-refractivity contribution in [3.05, 3.63) is 11.6 Å². The fraction of sp³-hybridized carbons (Fsp3) is 0.625. The van der Waals surface area contributed by atoms with Gasteiger partial charge in [-0.15, -0.1) is 11.3 Å². The molecule has 1 aliphatic heterocycles. The van der Waals surface area contributed by atoms with E-state index in [1.807, 2.05) is 5.38 Å². The van der Waals surface area contributed by atoms with Gasteiger partial charge < -0.3 is 14.7 Å². The van der Waals surface area contributed by atoms with Gasteiger partial charge >= 0.3 is 0 Å². The fourth-order valence-corrected chi connectivity index (χ4v) is 2.16. The Bertz CT molecular complexity index is 253. The largest absolute Gasteiger partial charge is 0.394 e. The molecule has 0 saturated carbocycles. The topological polar surface area (TPSA) is 45.6 Å².